The molecule has 0 unspecified atom stereocenters. The maximum absolute atomic E-state index is 13.4. The Morgan fingerprint density at radius 1 is 0.950 bits per heavy atom. The number of amides is 2. The van der Waals surface area contributed by atoms with Crippen molar-refractivity contribution in [3.63, 3.8) is 0 Å². The SMILES string of the molecule is COc1ccc(C(=O)N(CC(=O)N2CCCN(c3ccc(-c4ccccc4Cl)nn3)CC2)Cc2ccco2)cc1. The number of rotatable bonds is 8. The third-order valence-corrected chi connectivity index (χ3v) is 7.18. The Balaban J connectivity index is 1.24. The summed E-state index contributed by atoms with van der Waals surface area (Å²) in [6.45, 7) is 2.58. The van der Waals surface area contributed by atoms with Crippen LogP contribution in [-0.2, 0) is 11.3 Å². The normalized spacial score (nSPS) is 13.6. The van der Waals surface area contributed by atoms with E-state index in [9.17, 15) is 9.59 Å². The maximum atomic E-state index is 13.4. The zero-order valence-corrected chi connectivity index (χ0v) is 23.0. The molecule has 4 aromatic rings. The van der Waals surface area contributed by atoms with E-state index in [2.05, 4.69) is 15.1 Å². The summed E-state index contributed by atoms with van der Waals surface area (Å²) < 4.78 is 10.7. The fourth-order valence-corrected chi connectivity index (χ4v) is 4.90. The van der Waals surface area contributed by atoms with Crippen molar-refractivity contribution >= 4 is 29.2 Å². The van der Waals surface area contributed by atoms with Crippen LogP contribution >= 0.6 is 11.6 Å². The number of methoxy groups -OCH3 is 1. The van der Waals surface area contributed by atoms with Crippen molar-refractivity contribution in [1.29, 1.82) is 0 Å². The number of carbonyl (C=O) groups is 2. The second-order valence-corrected chi connectivity index (χ2v) is 9.85. The molecule has 0 aliphatic carbocycles. The Hall–Kier alpha value is -4.37. The number of nitrogens with zero attached hydrogens (tertiary/aromatic N) is 5. The van der Waals surface area contributed by atoms with Crippen LogP contribution in [0.3, 0.4) is 0 Å². The number of anilines is 1. The highest BCUT2D eigenvalue weighted by molar-refractivity contribution is 6.33. The molecule has 1 aliphatic heterocycles. The third kappa shape index (κ3) is 6.43. The summed E-state index contributed by atoms with van der Waals surface area (Å²) in [4.78, 5) is 32.3. The fraction of sp³-hybridized carbons (Fsp3) is 0.267. The van der Waals surface area contributed by atoms with Gasteiger partial charge in [0.1, 0.15) is 18.1 Å². The lowest BCUT2D eigenvalue weighted by atomic mass is 10.1. The molecule has 5 rings (SSSR count). The van der Waals surface area contributed by atoms with Gasteiger partial charge in [-0.1, -0.05) is 29.8 Å². The molecule has 3 heterocycles. The minimum atomic E-state index is -0.252. The van der Waals surface area contributed by atoms with Gasteiger partial charge in [-0.05, 0) is 61.0 Å². The molecule has 206 valence electrons. The quantitative estimate of drug-likeness (QED) is 0.307. The van der Waals surface area contributed by atoms with E-state index in [0.717, 1.165) is 24.3 Å². The van der Waals surface area contributed by atoms with Crippen LogP contribution in [0.5, 0.6) is 5.75 Å². The number of carbonyl (C=O) groups excluding carboxylic acids is 2. The van der Waals surface area contributed by atoms with Crippen LogP contribution in [-0.4, -0.2) is 71.6 Å². The van der Waals surface area contributed by atoms with E-state index in [1.165, 1.54) is 4.90 Å². The summed E-state index contributed by atoms with van der Waals surface area (Å²) in [5, 5.41) is 9.44. The number of furan rings is 1. The lowest BCUT2D eigenvalue weighted by Crippen LogP contribution is -2.44. The van der Waals surface area contributed by atoms with E-state index in [1.54, 1.807) is 49.8 Å². The van der Waals surface area contributed by atoms with Crippen LogP contribution in [0.4, 0.5) is 5.82 Å². The van der Waals surface area contributed by atoms with Crippen LogP contribution in [0.25, 0.3) is 11.3 Å². The Morgan fingerprint density at radius 3 is 2.48 bits per heavy atom. The van der Waals surface area contributed by atoms with Gasteiger partial charge in [0.15, 0.2) is 5.82 Å². The largest absolute Gasteiger partial charge is 0.497 e. The molecular formula is C30H30ClN5O4. The summed E-state index contributed by atoms with van der Waals surface area (Å²) in [7, 11) is 1.57. The van der Waals surface area contributed by atoms with Crippen molar-refractivity contribution in [2.75, 3.05) is 44.7 Å². The fourth-order valence-electron chi connectivity index (χ4n) is 4.67. The van der Waals surface area contributed by atoms with Crippen molar-refractivity contribution in [3.05, 3.63) is 95.4 Å². The lowest BCUT2D eigenvalue weighted by Gasteiger charge is -2.27. The number of hydrogen-bond acceptors (Lipinski definition) is 7. The summed E-state index contributed by atoms with van der Waals surface area (Å²) in [6, 6.07) is 21.8. The van der Waals surface area contributed by atoms with Gasteiger partial charge in [0.05, 0.1) is 30.6 Å². The van der Waals surface area contributed by atoms with E-state index in [0.29, 0.717) is 47.4 Å². The molecule has 0 bridgehead atoms. The first-order chi connectivity index (χ1) is 19.5. The van der Waals surface area contributed by atoms with Crippen molar-refractivity contribution in [2.45, 2.75) is 13.0 Å². The standard InChI is InChI=1S/C30H30ClN5O4/c1-39-23-11-9-22(10-12-23)30(38)36(20-24-6-4-19-40-24)21-29(37)35-16-5-15-34(17-18-35)28-14-13-27(32-33-28)25-7-2-3-8-26(25)31/h2-4,6-14,19H,5,15-18,20-21H2,1H3. The number of benzene rings is 2. The van der Waals surface area contributed by atoms with Gasteiger partial charge in [0, 0.05) is 37.3 Å². The Morgan fingerprint density at radius 2 is 1.77 bits per heavy atom. The number of aromatic nitrogens is 2. The Kier molecular flexibility index (Phi) is 8.61. The van der Waals surface area contributed by atoms with Gasteiger partial charge < -0.3 is 23.9 Å². The lowest BCUT2D eigenvalue weighted by molar-refractivity contribution is -0.131. The predicted molar refractivity (Wildman–Crippen MR) is 152 cm³/mol. The molecule has 9 nitrogen and oxygen atoms in total. The molecule has 10 heteroatoms. The highest BCUT2D eigenvalue weighted by atomic mass is 35.5. The van der Waals surface area contributed by atoms with Crippen LogP contribution in [0, 0.1) is 0 Å². The molecule has 2 aromatic carbocycles. The first kappa shape index (κ1) is 27.2. The molecule has 0 atom stereocenters. The molecule has 1 aliphatic rings. The van der Waals surface area contributed by atoms with Crippen LogP contribution < -0.4 is 9.64 Å². The van der Waals surface area contributed by atoms with Gasteiger partial charge in [0.2, 0.25) is 5.91 Å². The van der Waals surface area contributed by atoms with Crippen molar-refractivity contribution in [3.8, 4) is 17.0 Å². The molecular weight excluding hydrogens is 530 g/mol. The molecule has 2 aromatic heterocycles. The van der Waals surface area contributed by atoms with Gasteiger partial charge >= 0.3 is 0 Å². The maximum Gasteiger partial charge on any atom is 0.254 e. The summed E-state index contributed by atoms with van der Waals surface area (Å²) >= 11 is 6.31. The van der Waals surface area contributed by atoms with Crippen LogP contribution in [0.1, 0.15) is 22.5 Å². The first-order valence-electron chi connectivity index (χ1n) is 13.1. The number of hydrogen-bond donors (Lipinski definition) is 0. The second kappa shape index (κ2) is 12.7. The highest BCUT2D eigenvalue weighted by Gasteiger charge is 2.25. The topological polar surface area (TPSA) is 92.0 Å². The van der Waals surface area contributed by atoms with E-state index < -0.39 is 0 Å². The molecule has 2 amide bonds. The smallest absolute Gasteiger partial charge is 0.254 e. The summed E-state index contributed by atoms with van der Waals surface area (Å²) in [6.07, 6.45) is 2.32. The Labute approximate surface area is 237 Å². The molecule has 1 saturated heterocycles. The van der Waals surface area contributed by atoms with Gasteiger partial charge in [-0.25, -0.2) is 0 Å². The minimum absolute atomic E-state index is 0.0576. The zero-order chi connectivity index (χ0) is 27.9. The summed E-state index contributed by atoms with van der Waals surface area (Å²) in [5.74, 6) is 1.64. The molecule has 0 N–H and O–H groups in total. The summed E-state index contributed by atoms with van der Waals surface area (Å²) in [5.41, 5.74) is 2.01. The van der Waals surface area contributed by atoms with E-state index in [-0.39, 0.29) is 24.9 Å². The van der Waals surface area contributed by atoms with E-state index >= 15 is 0 Å². The minimum Gasteiger partial charge on any atom is -0.497 e. The van der Waals surface area contributed by atoms with Crippen molar-refractivity contribution in [2.24, 2.45) is 0 Å². The molecule has 0 radical (unpaired) electrons. The van der Waals surface area contributed by atoms with Gasteiger partial charge in [0.25, 0.3) is 5.91 Å². The van der Waals surface area contributed by atoms with Crippen molar-refractivity contribution in [1.82, 2.24) is 20.0 Å². The average Bonchev–Trinajstić information content (AvgIpc) is 3.38. The van der Waals surface area contributed by atoms with Gasteiger partial charge in [-0.15, -0.1) is 10.2 Å². The average molecular weight is 560 g/mol. The van der Waals surface area contributed by atoms with Crippen LogP contribution in [0.15, 0.2) is 83.5 Å². The molecule has 1 fully saturated rings. The van der Waals surface area contributed by atoms with Gasteiger partial charge in [-0.2, -0.15) is 0 Å². The monoisotopic (exact) mass is 559 g/mol. The van der Waals surface area contributed by atoms with E-state index in [1.807, 2.05) is 41.3 Å². The second-order valence-electron chi connectivity index (χ2n) is 9.45. The van der Waals surface area contributed by atoms with E-state index in [4.69, 9.17) is 20.8 Å². The molecule has 0 spiro atoms. The number of halogens is 1. The Bertz CT molecular complexity index is 1430. The predicted octanol–water partition coefficient (Wildman–Crippen LogP) is 4.78. The molecule has 0 saturated carbocycles. The van der Waals surface area contributed by atoms with Gasteiger partial charge in [-0.3, -0.25) is 9.59 Å². The highest BCUT2D eigenvalue weighted by Crippen LogP contribution is 2.26. The third-order valence-electron chi connectivity index (χ3n) is 6.85. The first-order valence-corrected chi connectivity index (χ1v) is 13.5. The van der Waals surface area contributed by atoms with Crippen LogP contribution in [0.2, 0.25) is 5.02 Å². The zero-order valence-electron chi connectivity index (χ0n) is 22.2. The molecule has 40 heavy (non-hydrogen) atoms. The number of ether oxygens (including phenoxy) is 1. The van der Waals surface area contributed by atoms with Crippen molar-refractivity contribution < 1.29 is 18.7 Å².